The van der Waals surface area contributed by atoms with Crippen molar-refractivity contribution in [2.45, 2.75) is 52.3 Å². The van der Waals surface area contributed by atoms with E-state index in [1.54, 1.807) is 29.3 Å². The summed E-state index contributed by atoms with van der Waals surface area (Å²) in [5, 5.41) is 4.82. The van der Waals surface area contributed by atoms with Gasteiger partial charge in [-0.05, 0) is 85.3 Å². The number of hydrogen-bond acceptors (Lipinski definition) is 5. The number of anilines is 1. The van der Waals surface area contributed by atoms with Crippen molar-refractivity contribution in [1.29, 1.82) is 0 Å². The van der Waals surface area contributed by atoms with Crippen LogP contribution in [0.2, 0.25) is 10.0 Å². The Morgan fingerprint density at radius 1 is 1.17 bits per heavy atom. The Labute approximate surface area is 261 Å². The second-order valence-electron chi connectivity index (χ2n) is 11.3. The fourth-order valence-corrected chi connectivity index (χ4v) is 6.38. The third-order valence-electron chi connectivity index (χ3n) is 6.98. The number of amides is 1. The van der Waals surface area contributed by atoms with Crippen molar-refractivity contribution < 1.29 is 18.3 Å². The lowest BCUT2D eigenvalue weighted by atomic mass is 9.98. The van der Waals surface area contributed by atoms with Crippen LogP contribution in [-0.4, -0.2) is 44.2 Å². The predicted molar refractivity (Wildman–Crippen MR) is 165 cm³/mol. The van der Waals surface area contributed by atoms with Crippen LogP contribution in [0.25, 0.3) is 22.3 Å². The Morgan fingerprint density at radius 2 is 1.90 bits per heavy atom. The first-order valence-corrected chi connectivity index (χ1v) is 15.1. The number of rotatable bonds is 6. The smallest absolute Gasteiger partial charge is 0.410 e. The van der Waals surface area contributed by atoms with Crippen LogP contribution in [-0.2, 0) is 17.8 Å². The number of hydrogen-bond donors (Lipinski definition) is 1. The maximum atomic E-state index is 13.7. The summed E-state index contributed by atoms with van der Waals surface area (Å²) in [6.45, 7) is 7.44. The normalized spacial score (nSPS) is 15.7. The molecule has 1 aliphatic heterocycles. The van der Waals surface area contributed by atoms with Crippen molar-refractivity contribution in [2.75, 3.05) is 18.4 Å². The molecule has 4 aromatic rings. The second kappa shape index (κ2) is 12.3. The van der Waals surface area contributed by atoms with Crippen LogP contribution < -0.4 is 5.32 Å². The maximum Gasteiger partial charge on any atom is 0.410 e. The average Bonchev–Trinajstić information content (AvgIpc) is 3.19. The van der Waals surface area contributed by atoms with E-state index in [9.17, 15) is 13.6 Å². The van der Waals surface area contributed by atoms with E-state index in [4.69, 9.17) is 32.9 Å². The van der Waals surface area contributed by atoms with E-state index in [-0.39, 0.29) is 18.6 Å². The summed E-state index contributed by atoms with van der Waals surface area (Å²) in [5.41, 5.74) is 2.00. The summed E-state index contributed by atoms with van der Waals surface area (Å²) in [4.78, 5) is 23.9. The lowest BCUT2D eigenvalue weighted by molar-refractivity contribution is 0.0158. The topological polar surface area (TPSA) is 72.3 Å². The number of fused-ring (bicyclic) bond motifs is 1. The van der Waals surface area contributed by atoms with Gasteiger partial charge in [-0.1, -0.05) is 35.3 Å². The molecule has 1 saturated heterocycles. The summed E-state index contributed by atoms with van der Waals surface area (Å²) in [7, 11) is 0. The zero-order valence-electron chi connectivity index (χ0n) is 23.4. The van der Waals surface area contributed by atoms with E-state index in [0.717, 1.165) is 40.5 Å². The van der Waals surface area contributed by atoms with Crippen molar-refractivity contribution in [3.63, 3.8) is 0 Å². The Morgan fingerprint density at radius 3 is 2.60 bits per heavy atom. The van der Waals surface area contributed by atoms with Crippen LogP contribution in [0.1, 0.15) is 39.2 Å². The SMILES string of the molecule is CC(C)(C)OC(=O)N1CCCC(Cn2c(-c3c(Cl)cccc3Cl)c(Br)c3cnc(NCc4ccc(F)c(F)c4)nc32)C1. The number of nitrogens with zero attached hydrogens (tertiary/aromatic N) is 4. The average molecular weight is 681 g/mol. The number of ether oxygens (including phenoxy) is 1. The van der Waals surface area contributed by atoms with Crippen molar-refractivity contribution in [3.8, 4) is 11.3 Å². The molecule has 222 valence electrons. The highest BCUT2D eigenvalue weighted by Gasteiger charge is 2.30. The quantitative estimate of drug-likeness (QED) is 0.221. The van der Waals surface area contributed by atoms with Crippen molar-refractivity contribution in [1.82, 2.24) is 19.4 Å². The Kier molecular flexibility index (Phi) is 8.97. The monoisotopic (exact) mass is 679 g/mol. The van der Waals surface area contributed by atoms with E-state index in [1.807, 2.05) is 20.8 Å². The lowest BCUT2D eigenvalue weighted by Crippen LogP contribution is -2.43. The van der Waals surface area contributed by atoms with Gasteiger partial charge < -0.3 is 19.5 Å². The van der Waals surface area contributed by atoms with Gasteiger partial charge in [0.25, 0.3) is 0 Å². The molecule has 0 aliphatic carbocycles. The molecule has 5 rings (SSSR count). The molecule has 1 N–H and O–H groups in total. The van der Waals surface area contributed by atoms with Crippen LogP contribution >= 0.6 is 39.1 Å². The molecule has 42 heavy (non-hydrogen) atoms. The molecule has 2 aromatic heterocycles. The van der Waals surface area contributed by atoms with Crippen LogP contribution in [0.5, 0.6) is 0 Å². The molecule has 3 heterocycles. The molecule has 1 aliphatic rings. The fourth-order valence-electron chi connectivity index (χ4n) is 5.11. The van der Waals surface area contributed by atoms with Crippen molar-refractivity contribution >= 4 is 62.2 Å². The summed E-state index contributed by atoms with van der Waals surface area (Å²) in [6.07, 6.45) is 3.10. The third-order valence-corrected chi connectivity index (χ3v) is 8.42. The van der Waals surface area contributed by atoms with Gasteiger partial charge >= 0.3 is 6.09 Å². The third kappa shape index (κ3) is 6.66. The first kappa shape index (κ1) is 30.5. The molecule has 1 amide bonds. The van der Waals surface area contributed by atoms with E-state index >= 15 is 0 Å². The van der Waals surface area contributed by atoms with E-state index in [1.165, 1.54) is 6.07 Å². The summed E-state index contributed by atoms with van der Waals surface area (Å²) in [5.74, 6) is -1.41. The van der Waals surface area contributed by atoms with Gasteiger partial charge in [-0.15, -0.1) is 0 Å². The van der Waals surface area contributed by atoms with E-state index in [2.05, 4.69) is 30.8 Å². The summed E-state index contributed by atoms with van der Waals surface area (Å²) >= 11 is 17.1. The molecule has 1 fully saturated rings. The molecular formula is C30H30BrCl2F2N5O2. The van der Waals surface area contributed by atoms with Crippen LogP contribution in [0.15, 0.2) is 47.1 Å². The molecule has 2 aromatic carbocycles. The van der Waals surface area contributed by atoms with Crippen molar-refractivity contribution in [2.24, 2.45) is 5.92 Å². The van der Waals surface area contributed by atoms with E-state index < -0.39 is 17.2 Å². The van der Waals surface area contributed by atoms with Crippen molar-refractivity contribution in [3.05, 3.63) is 74.3 Å². The number of carbonyl (C=O) groups is 1. The number of halogens is 5. The maximum absolute atomic E-state index is 13.7. The van der Waals surface area contributed by atoms with E-state index in [0.29, 0.717) is 52.4 Å². The molecule has 12 heteroatoms. The van der Waals surface area contributed by atoms with Crippen LogP contribution in [0.4, 0.5) is 19.5 Å². The number of carbonyl (C=O) groups excluding carboxylic acids is 1. The number of likely N-dealkylation sites (tertiary alicyclic amines) is 1. The summed E-state index contributed by atoms with van der Waals surface area (Å²) < 4.78 is 35.5. The molecule has 7 nitrogen and oxygen atoms in total. The number of nitrogens with one attached hydrogen (secondary N) is 1. The lowest BCUT2D eigenvalue weighted by Gasteiger charge is -2.34. The molecule has 1 atom stereocenters. The largest absolute Gasteiger partial charge is 0.444 e. The van der Waals surface area contributed by atoms with Gasteiger partial charge in [0.2, 0.25) is 5.95 Å². The van der Waals surface area contributed by atoms with Gasteiger partial charge in [-0.25, -0.2) is 18.6 Å². The molecular weight excluding hydrogens is 651 g/mol. The number of aromatic nitrogens is 3. The van der Waals surface area contributed by atoms with Crippen LogP contribution in [0.3, 0.4) is 0 Å². The Bertz CT molecular complexity index is 1620. The molecule has 0 spiro atoms. The van der Waals surface area contributed by atoms with Gasteiger partial charge in [-0.3, -0.25) is 0 Å². The predicted octanol–water partition coefficient (Wildman–Crippen LogP) is 8.71. The first-order chi connectivity index (χ1) is 19.9. The molecule has 1 unspecified atom stereocenters. The fraction of sp³-hybridized carbons (Fsp3) is 0.367. The Balaban J connectivity index is 1.52. The number of benzene rings is 2. The summed E-state index contributed by atoms with van der Waals surface area (Å²) in [6, 6.07) is 9.07. The minimum absolute atomic E-state index is 0.0994. The molecule has 0 saturated carbocycles. The zero-order chi connectivity index (χ0) is 30.2. The standard InChI is InChI=1S/C30H30BrCl2F2N5O2/c1-30(2,3)42-29(41)39-11-5-6-18(15-39)16-40-26(24-20(32)7-4-8-21(24)33)25(31)19-14-37-28(38-27(19)40)36-13-17-9-10-22(34)23(35)12-17/h4,7-10,12,14,18H,5-6,11,13,15-16H2,1-3H3,(H,36,37,38). The van der Waals surface area contributed by atoms with Gasteiger partial charge in [0.05, 0.1) is 25.6 Å². The minimum Gasteiger partial charge on any atom is -0.444 e. The van der Waals surface area contributed by atoms with Gasteiger partial charge in [0, 0.05) is 37.9 Å². The van der Waals surface area contributed by atoms with Gasteiger partial charge in [0.15, 0.2) is 11.6 Å². The highest BCUT2D eigenvalue weighted by molar-refractivity contribution is 9.10. The highest BCUT2D eigenvalue weighted by atomic mass is 79.9. The van der Waals surface area contributed by atoms with Gasteiger partial charge in [-0.2, -0.15) is 4.98 Å². The Hall–Kier alpha value is -2.95. The second-order valence-corrected chi connectivity index (χ2v) is 12.9. The van der Waals surface area contributed by atoms with Crippen LogP contribution in [0, 0.1) is 17.6 Å². The minimum atomic E-state index is -0.919. The van der Waals surface area contributed by atoms with Gasteiger partial charge in [0.1, 0.15) is 11.2 Å². The zero-order valence-corrected chi connectivity index (χ0v) is 26.5. The highest BCUT2D eigenvalue weighted by Crippen LogP contribution is 2.44. The number of piperidine rings is 1. The first-order valence-electron chi connectivity index (χ1n) is 13.6. The molecule has 0 bridgehead atoms. The molecule has 0 radical (unpaired) electrons.